The Morgan fingerprint density at radius 2 is 2.10 bits per heavy atom. The first-order valence-electron chi connectivity index (χ1n) is 7.84. The number of piperazine rings is 1. The molecular formula is C15H26N2O3. The highest BCUT2D eigenvalue weighted by Crippen LogP contribution is 2.28. The summed E-state index contributed by atoms with van der Waals surface area (Å²) in [5, 5.41) is 2.73. The minimum Gasteiger partial charge on any atom is -0.378 e. The number of ether oxygens (including phenoxy) is 1. The van der Waals surface area contributed by atoms with E-state index >= 15 is 0 Å². The third-order valence-electron chi connectivity index (χ3n) is 4.74. The van der Waals surface area contributed by atoms with Crippen molar-refractivity contribution in [3.8, 4) is 0 Å². The molecule has 0 radical (unpaired) electrons. The van der Waals surface area contributed by atoms with E-state index in [1.54, 1.807) is 4.90 Å². The van der Waals surface area contributed by atoms with Crippen molar-refractivity contribution >= 4 is 11.8 Å². The third-order valence-corrected chi connectivity index (χ3v) is 4.74. The van der Waals surface area contributed by atoms with Gasteiger partial charge in [-0.2, -0.15) is 0 Å². The van der Waals surface area contributed by atoms with Crippen LogP contribution in [-0.4, -0.2) is 48.1 Å². The van der Waals surface area contributed by atoms with Gasteiger partial charge in [-0.15, -0.1) is 0 Å². The Labute approximate surface area is 121 Å². The zero-order valence-corrected chi connectivity index (χ0v) is 12.6. The maximum atomic E-state index is 12.2. The zero-order valence-electron chi connectivity index (χ0n) is 12.6. The van der Waals surface area contributed by atoms with Gasteiger partial charge in [0.1, 0.15) is 5.54 Å². The molecule has 2 heterocycles. The molecule has 20 heavy (non-hydrogen) atoms. The van der Waals surface area contributed by atoms with Gasteiger partial charge in [-0.3, -0.25) is 9.59 Å². The van der Waals surface area contributed by atoms with Crippen LogP contribution in [0.15, 0.2) is 0 Å². The molecule has 0 aliphatic carbocycles. The lowest BCUT2D eigenvalue weighted by molar-refractivity contribution is -0.154. The van der Waals surface area contributed by atoms with Gasteiger partial charge in [0.25, 0.3) is 0 Å². The Morgan fingerprint density at radius 1 is 1.35 bits per heavy atom. The van der Waals surface area contributed by atoms with Crippen LogP contribution in [0, 0.1) is 0 Å². The van der Waals surface area contributed by atoms with E-state index in [4.69, 9.17) is 4.74 Å². The molecule has 0 aromatic carbocycles. The number of nitrogens with one attached hydrogen (secondary N) is 1. The Morgan fingerprint density at radius 3 is 2.70 bits per heavy atom. The van der Waals surface area contributed by atoms with Crippen LogP contribution >= 0.6 is 0 Å². The van der Waals surface area contributed by atoms with Crippen LogP contribution < -0.4 is 5.32 Å². The maximum absolute atomic E-state index is 12.2. The van der Waals surface area contributed by atoms with Gasteiger partial charge in [0.2, 0.25) is 11.8 Å². The smallest absolute Gasteiger partial charge is 0.246 e. The van der Waals surface area contributed by atoms with Crippen molar-refractivity contribution in [1.82, 2.24) is 10.2 Å². The quantitative estimate of drug-likeness (QED) is 0.802. The van der Waals surface area contributed by atoms with E-state index in [0.717, 1.165) is 32.3 Å². The number of hydrogen-bond acceptors (Lipinski definition) is 3. The van der Waals surface area contributed by atoms with Gasteiger partial charge in [0, 0.05) is 13.2 Å². The lowest BCUT2D eigenvalue weighted by Gasteiger charge is -2.45. The molecule has 5 nitrogen and oxygen atoms in total. The van der Waals surface area contributed by atoms with E-state index in [-0.39, 0.29) is 18.4 Å². The Bertz CT molecular complexity index is 360. The van der Waals surface area contributed by atoms with Gasteiger partial charge in [-0.1, -0.05) is 13.8 Å². The number of amides is 2. The fourth-order valence-electron chi connectivity index (χ4n) is 3.42. The predicted octanol–water partition coefficient (Wildman–Crippen LogP) is 1.46. The summed E-state index contributed by atoms with van der Waals surface area (Å²) in [5.74, 6) is 0.0415. The molecule has 0 aromatic rings. The van der Waals surface area contributed by atoms with E-state index in [1.807, 2.05) is 13.8 Å². The second-order valence-electron chi connectivity index (χ2n) is 5.74. The summed E-state index contributed by atoms with van der Waals surface area (Å²) in [4.78, 5) is 26.2. The minimum absolute atomic E-state index is 0.000726. The van der Waals surface area contributed by atoms with Crippen LogP contribution in [0.25, 0.3) is 0 Å². The number of rotatable bonds is 6. The van der Waals surface area contributed by atoms with Crippen molar-refractivity contribution < 1.29 is 14.3 Å². The van der Waals surface area contributed by atoms with Gasteiger partial charge in [0.05, 0.1) is 12.6 Å². The second kappa shape index (κ2) is 6.57. The molecule has 2 fully saturated rings. The zero-order chi connectivity index (χ0) is 14.6. The van der Waals surface area contributed by atoms with Gasteiger partial charge >= 0.3 is 0 Å². The Balaban J connectivity index is 1.97. The van der Waals surface area contributed by atoms with Crippen LogP contribution in [-0.2, 0) is 14.3 Å². The van der Waals surface area contributed by atoms with Gasteiger partial charge < -0.3 is 15.0 Å². The number of carbonyl (C=O) groups is 2. The van der Waals surface area contributed by atoms with Crippen LogP contribution in [0.2, 0.25) is 0 Å². The fraction of sp³-hybridized carbons (Fsp3) is 0.867. The molecule has 0 aromatic heterocycles. The van der Waals surface area contributed by atoms with E-state index in [2.05, 4.69) is 5.32 Å². The van der Waals surface area contributed by atoms with Gasteiger partial charge in [-0.25, -0.2) is 0 Å². The van der Waals surface area contributed by atoms with Crippen LogP contribution in [0.4, 0.5) is 0 Å². The van der Waals surface area contributed by atoms with Crippen molar-refractivity contribution in [2.24, 2.45) is 0 Å². The summed E-state index contributed by atoms with van der Waals surface area (Å²) in [6.07, 6.45) is 5.84. The first kappa shape index (κ1) is 15.3. The van der Waals surface area contributed by atoms with E-state index in [1.165, 1.54) is 0 Å². The summed E-state index contributed by atoms with van der Waals surface area (Å²) in [6, 6.07) is 0. The van der Waals surface area contributed by atoms with Crippen molar-refractivity contribution in [3.63, 3.8) is 0 Å². The molecule has 1 N–H and O–H groups in total. The summed E-state index contributed by atoms with van der Waals surface area (Å²) in [5.41, 5.74) is -0.647. The van der Waals surface area contributed by atoms with Crippen molar-refractivity contribution in [2.75, 3.05) is 19.7 Å². The van der Waals surface area contributed by atoms with Crippen molar-refractivity contribution in [2.45, 2.75) is 64.0 Å². The predicted molar refractivity (Wildman–Crippen MR) is 76.2 cm³/mol. The largest absolute Gasteiger partial charge is 0.378 e. The monoisotopic (exact) mass is 282 g/mol. The van der Waals surface area contributed by atoms with Crippen LogP contribution in [0.5, 0.6) is 0 Å². The highest BCUT2D eigenvalue weighted by molar-refractivity contribution is 5.97. The minimum atomic E-state index is -0.647. The molecular weight excluding hydrogens is 256 g/mol. The average Bonchev–Trinajstić information content (AvgIpc) is 2.96. The summed E-state index contributed by atoms with van der Waals surface area (Å²) < 4.78 is 5.61. The molecule has 2 aliphatic rings. The second-order valence-corrected chi connectivity index (χ2v) is 5.74. The van der Waals surface area contributed by atoms with Crippen molar-refractivity contribution in [3.05, 3.63) is 0 Å². The molecule has 114 valence electrons. The highest BCUT2D eigenvalue weighted by atomic mass is 16.5. The lowest BCUT2D eigenvalue weighted by Crippen LogP contribution is -2.66. The van der Waals surface area contributed by atoms with Crippen LogP contribution in [0.3, 0.4) is 0 Å². The standard InChI is InChI=1S/C15H26N2O3/c1-3-15(4-2)14(19)16-11-13(18)17(15)9-5-7-12-8-6-10-20-12/h12H,3-11H2,1-2H3,(H,16,19). The molecule has 0 spiro atoms. The number of nitrogens with zero attached hydrogens (tertiary/aromatic N) is 1. The lowest BCUT2D eigenvalue weighted by atomic mass is 9.87. The van der Waals surface area contributed by atoms with E-state index in [9.17, 15) is 9.59 Å². The first-order valence-corrected chi connectivity index (χ1v) is 7.84. The average molecular weight is 282 g/mol. The molecule has 0 bridgehead atoms. The van der Waals surface area contributed by atoms with Crippen LogP contribution in [0.1, 0.15) is 52.4 Å². The molecule has 1 unspecified atom stereocenters. The topological polar surface area (TPSA) is 58.6 Å². The molecule has 2 saturated heterocycles. The van der Waals surface area contributed by atoms with Gasteiger partial charge in [0.15, 0.2) is 0 Å². The van der Waals surface area contributed by atoms with E-state index in [0.29, 0.717) is 25.5 Å². The molecule has 2 rings (SSSR count). The summed E-state index contributed by atoms with van der Waals surface area (Å²) in [6.45, 7) is 5.63. The summed E-state index contributed by atoms with van der Waals surface area (Å²) in [7, 11) is 0. The Kier molecular flexibility index (Phi) is 5.02. The molecule has 1 atom stereocenters. The fourth-order valence-corrected chi connectivity index (χ4v) is 3.42. The summed E-state index contributed by atoms with van der Waals surface area (Å²) >= 11 is 0. The first-order chi connectivity index (χ1) is 9.64. The molecule has 5 heteroatoms. The molecule has 2 aliphatic heterocycles. The maximum Gasteiger partial charge on any atom is 0.246 e. The Hall–Kier alpha value is -1.10. The molecule has 2 amide bonds. The highest BCUT2D eigenvalue weighted by Gasteiger charge is 2.46. The van der Waals surface area contributed by atoms with E-state index < -0.39 is 5.54 Å². The third kappa shape index (κ3) is 2.82. The van der Waals surface area contributed by atoms with Crippen molar-refractivity contribution in [1.29, 1.82) is 0 Å². The normalized spacial score (nSPS) is 25.9. The SMILES string of the molecule is CCC1(CC)C(=O)NCC(=O)N1CCCC1CCCO1. The molecule has 0 saturated carbocycles. The number of hydrogen-bond donors (Lipinski definition) is 1. The van der Waals surface area contributed by atoms with Gasteiger partial charge in [-0.05, 0) is 38.5 Å². The number of carbonyl (C=O) groups excluding carboxylic acids is 2.